The number of carbonyl (C=O) groups excluding carboxylic acids is 1. The average Bonchev–Trinajstić information content (AvgIpc) is 3.28. The van der Waals surface area contributed by atoms with E-state index in [9.17, 15) is 13.2 Å². The molecule has 1 aromatic carbocycles. The summed E-state index contributed by atoms with van der Waals surface area (Å²) in [6.45, 7) is 1.60. The van der Waals surface area contributed by atoms with E-state index in [1.165, 1.54) is 49.0 Å². The molecule has 1 saturated heterocycles. The van der Waals surface area contributed by atoms with Crippen LogP contribution >= 0.6 is 0 Å². The number of hydrogen-bond acceptors (Lipinski definition) is 4. The second kappa shape index (κ2) is 6.87. The van der Waals surface area contributed by atoms with Crippen molar-refractivity contribution in [2.24, 2.45) is 0 Å². The first kappa shape index (κ1) is 18.9. The Hall–Kier alpha value is -1.44. The standard InChI is InChI=1S/C20H29N3O3S/c1-22(27(2,25)26)18-10-13-23(19(18)24)17-8-6-15(7-9-17)20(11-12-20)14-21-16-4-3-5-16/h6-9,16,18,21H,3-5,10-14H2,1-2H3. The van der Waals surface area contributed by atoms with Gasteiger partial charge in [0, 0.05) is 37.3 Å². The predicted molar refractivity (Wildman–Crippen MR) is 106 cm³/mol. The Kier molecular flexibility index (Phi) is 4.81. The van der Waals surface area contributed by atoms with Crippen LogP contribution < -0.4 is 10.2 Å². The zero-order valence-electron chi connectivity index (χ0n) is 16.1. The maximum absolute atomic E-state index is 12.7. The number of hydrogen-bond donors (Lipinski definition) is 1. The SMILES string of the molecule is CN(C1CCN(c2ccc(C3(CNC4CCC4)CC3)cc2)C1=O)S(C)(=O)=O. The van der Waals surface area contributed by atoms with Gasteiger partial charge in [-0.2, -0.15) is 4.31 Å². The lowest BCUT2D eigenvalue weighted by atomic mass is 9.90. The third-order valence-electron chi connectivity index (χ3n) is 6.62. The molecule has 1 heterocycles. The summed E-state index contributed by atoms with van der Waals surface area (Å²) >= 11 is 0. The summed E-state index contributed by atoms with van der Waals surface area (Å²) in [6.07, 6.45) is 8.05. The number of amides is 1. The van der Waals surface area contributed by atoms with E-state index < -0.39 is 16.1 Å². The fraction of sp³-hybridized carbons (Fsp3) is 0.650. The van der Waals surface area contributed by atoms with Gasteiger partial charge in [-0.1, -0.05) is 18.6 Å². The molecule has 1 aliphatic heterocycles. The molecule has 0 bridgehead atoms. The van der Waals surface area contributed by atoms with Crippen LogP contribution in [0.1, 0.15) is 44.1 Å². The molecule has 148 valence electrons. The smallest absolute Gasteiger partial charge is 0.245 e. The molecule has 2 aliphatic carbocycles. The summed E-state index contributed by atoms with van der Waals surface area (Å²) in [7, 11) is -1.89. The number of sulfonamides is 1. The molecule has 1 aromatic rings. The van der Waals surface area contributed by atoms with Crippen LogP contribution in [0.5, 0.6) is 0 Å². The third-order valence-corrected chi connectivity index (χ3v) is 7.92. The van der Waals surface area contributed by atoms with Gasteiger partial charge in [-0.05, 0) is 49.8 Å². The van der Waals surface area contributed by atoms with Gasteiger partial charge in [-0.3, -0.25) is 4.79 Å². The first-order chi connectivity index (χ1) is 12.8. The number of rotatable bonds is 7. The summed E-state index contributed by atoms with van der Waals surface area (Å²) in [5, 5.41) is 3.70. The average molecular weight is 392 g/mol. The Morgan fingerprint density at radius 2 is 1.85 bits per heavy atom. The van der Waals surface area contributed by atoms with E-state index in [4.69, 9.17) is 0 Å². The van der Waals surface area contributed by atoms with Crippen molar-refractivity contribution in [3.05, 3.63) is 29.8 Å². The molecular weight excluding hydrogens is 362 g/mol. The molecule has 0 aromatic heterocycles. The topological polar surface area (TPSA) is 69.7 Å². The van der Waals surface area contributed by atoms with E-state index in [0.717, 1.165) is 18.5 Å². The molecule has 0 radical (unpaired) electrons. The fourth-order valence-corrected chi connectivity index (χ4v) is 4.81. The number of anilines is 1. The monoisotopic (exact) mass is 391 g/mol. The predicted octanol–water partition coefficient (Wildman–Crippen LogP) is 1.86. The van der Waals surface area contributed by atoms with Crippen molar-refractivity contribution < 1.29 is 13.2 Å². The summed E-state index contributed by atoms with van der Waals surface area (Å²) in [5.74, 6) is -0.136. The van der Waals surface area contributed by atoms with Crippen LogP contribution in [0.4, 0.5) is 5.69 Å². The second-order valence-corrected chi connectivity index (χ2v) is 10.5. The highest BCUT2D eigenvalue weighted by atomic mass is 32.2. The molecule has 3 aliphatic rings. The van der Waals surface area contributed by atoms with E-state index in [-0.39, 0.29) is 11.3 Å². The van der Waals surface area contributed by atoms with Crippen molar-refractivity contribution in [1.82, 2.24) is 9.62 Å². The van der Waals surface area contributed by atoms with Gasteiger partial charge < -0.3 is 10.2 Å². The summed E-state index contributed by atoms with van der Waals surface area (Å²) < 4.78 is 24.7. The molecule has 1 unspecified atom stereocenters. The summed E-state index contributed by atoms with van der Waals surface area (Å²) in [4.78, 5) is 14.4. The van der Waals surface area contributed by atoms with Crippen molar-refractivity contribution in [2.75, 3.05) is 31.3 Å². The molecule has 1 N–H and O–H groups in total. The zero-order chi connectivity index (χ0) is 19.2. The lowest BCUT2D eigenvalue weighted by Gasteiger charge is -2.29. The number of nitrogens with zero attached hydrogens (tertiary/aromatic N) is 2. The normalized spacial score (nSPS) is 25.1. The van der Waals surface area contributed by atoms with Crippen LogP contribution in [-0.2, 0) is 20.2 Å². The first-order valence-corrected chi connectivity index (χ1v) is 11.7. The molecule has 6 nitrogen and oxygen atoms in total. The lowest BCUT2D eigenvalue weighted by Crippen LogP contribution is -2.42. The number of nitrogens with one attached hydrogen (secondary N) is 1. The van der Waals surface area contributed by atoms with Gasteiger partial charge in [0.2, 0.25) is 15.9 Å². The van der Waals surface area contributed by atoms with Gasteiger partial charge >= 0.3 is 0 Å². The molecule has 0 spiro atoms. The number of likely N-dealkylation sites (N-methyl/N-ethyl adjacent to an activating group) is 1. The minimum atomic E-state index is -3.37. The first-order valence-electron chi connectivity index (χ1n) is 9.88. The van der Waals surface area contributed by atoms with E-state index in [0.29, 0.717) is 19.0 Å². The number of carbonyl (C=O) groups is 1. The van der Waals surface area contributed by atoms with E-state index >= 15 is 0 Å². The summed E-state index contributed by atoms with van der Waals surface area (Å²) in [6, 6.07) is 8.42. The van der Waals surface area contributed by atoms with Crippen molar-refractivity contribution in [1.29, 1.82) is 0 Å². The Bertz CT molecular complexity index is 813. The Labute approximate surface area is 162 Å². The highest BCUT2D eigenvalue weighted by Gasteiger charge is 2.44. The number of benzene rings is 1. The molecule has 27 heavy (non-hydrogen) atoms. The summed E-state index contributed by atoms with van der Waals surface area (Å²) in [5.41, 5.74) is 2.47. The minimum absolute atomic E-state index is 0.136. The van der Waals surface area contributed by atoms with E-state index in [1.54, 1.807) is 4.90 Å². The van der Waals surface area contributed by atoms with Crippen molar-refractivity contribution in [3.8, 4) is 0 Å². The Morgan fingerprint density at radius 1 is 1.19 bits per heavy atom. The lowest BCUT2D eigenvalue weighted by molar-refractivity contribution is -0.120. The highest BCUT2D eigenvalue weighted by molar-refractivity contribution is 7.88. The quantitative estimate of drug-likeness (QED) is 0.770. The van der Waals surface area contributed by atoms with Crippen LogP contribution in [0.25, 0.3) is 0 Å². The van der Waals surface area contributed by atoms with Crippen LogP contribution in [0, 0.1) is 0 Å². The van der Waals surface area contributed by atoms with Crippen LogP contribution in [0.3, 0.4) is 0 Å². The molecule has 7 heteroatoms. The molecule has 3 fully saturated rings. The Balaban J connectivity index is 1.43. The van der Waals surface area contributed by atoms with Gasteiger partial charge in [-0.25, -0.2) is 8.42 Å². The van der Waals surface area contributed by atoms with Gasteiger partial charge in [0.1, 0.15) is 6.04 Å². The van der Waals surface area contributed by atoms with Gasteiger partial charge in [0.05, 0.1) is 6.26 Å². The zero-order valence-corrected chi connectivity index (χ0v) is 17.0. The van der Waals surface area contributed by atoms with Gasteiger partial charge in [0.15, 0.2) is 0 Å². The highest BCUT2D eigenvalue weighted by Crippen LogP contribution is 2.48. The van der Waals surface area contributed by atoms with Crippen molar-refractivity contribution in [2.45, 2.75) is 56.0 Å². The Morgan fingerprint density at radius 3 is 2.37 bits per heavy atom. The maximum atomic E-state index is 12.7. The minimum Gasteiger partial charge on any atom is -0.313 e. The third kappa shape index (κ3) is 3.65. The fourth-order valence-electron chi connectivity index (χ4n) is 4.16. The van der Waals surface area contributed by atoms with Crippen molar-refractivity contribution in [3.63, 3.8) is 0 Å². The van der Waals surface area contributed by atoms with Crippen LogP contribution in [0.15, 0.2) is 24.3 Å². The molecule has 4 rings (SSSR count). The maximum Gasteiger partial charge on any atom is 0.245 e. The van der Waals surface area contributed by atoms with Gasteiger partial charge in [0.25, 0.3) is 0 Å². The molecular formula is C20H29N3O3S. The molecule has 2 saturated carbocycles. The second-order valence-electron chi connectivity index (χ2n) is 8.41. The molecule has 1 amide bonds. The largest absolute Gasteiger partial charge is 0.313 e. The van der Waals surface area contributed by atoms with E-state index in [1.807, 2.05) is 12.1 Å². The van der Waals surface area contributed by atoms with Crippen LogP contribution in [-0.4, -0.2) is 57.1 Å². The van der Waals surface area contributed by atoms with Crippen LogP contribution in [0.2, 0.25) is 0 Å². The van der Waals surface area contributed by atoms with E-state index in [2.05, 4.69) is 17.4 Å². The molecule has 1 atom stereocenters. The van der Waals surface area contributed by atoms with Crippen molar-refractivity contribution >= 4 is 21.6 Å². The van der Waals surface area contributed by atoms with Gasteiger partial charge in [-0.15, -0.1) is 0 Å².